The molecule has 2 rings (SSSR count). The second-order valence-electron chi connectivity index (χ2n) is 4.40. The Morgan fingerprint density at radius 1 is 1.33 bits per heavy atom. The Hall–Kier alpha value is -1.06. The van der Waals surface area contributed by atoms with Gasteiger partial charge < -0.3 is 9.73 Å². The van der Waals surface area contributed by atoms with Crippen LogP contribution in [0.4, 0.5) is 0 Å². The second-order valence-corrected chi connectivity index (χ2v) is 5.31. The molecular weight excluding hydrogens is 290 g/mol. The molecule has 0 saturated heterocycles. The molecule has 0 bridgehead atoms. The van der Waals surface area contributed by atoms with Crippen molar-refractivity contribution in [2.75, 3.05) is 6.54 Å². The number of benzene rings is 1. The van der Waals surface area contributed by atoms with Gasteiger partial charge in [0.05, 0.1) is 12.5 Å². The minimum Gasteiger partial charge on any atom is -0.472 e. The summed E-state index contributed by atoms with van der Waals surface area (Å²) < 4.78 is 6.31. The third-order valence-electron chi connectivity index (χ3n) is 2.92. The SMILES string of the molecule is CCCNC(Cc1cccc(Br)c1)c1ccoc1. The van der Waals surface area contributed by atoms with Gasteiger partial charge in [-0.15, -0.1) is 0 Å². The van der Waals surface area contributed by atoms with Gasteiger partial charge in [0.1, 0.15) is 0 Å². The van der Waals surface area contributed by atoms with Crippen LogP contribution in [0.15, 0.2) is 51.7 Å². The number of rotatable bonds is 6. The van der Waals surface area contributed by atoms with Gasteiger partial charge in [0.25, 0.3) is 0 Å². The molecule has 0 aliphatic heterocycles. The second kappa shape index (κ2) is 6.76. The first-order chi connectivity index (χ1) is 8.79. The Balaban J connectivity index is 2.10. The van der Waals surface area contributed by atoms with Crippen LogP contribution in [0.25, 0.3) is 0 Å². The highest BCUT2D eigenvalue weighted by atomic mass is 79.9. The highest BCUT2D eigenvalue weighted by Gasteiger charge is 2.12. The number of nitrogens with one attached hydrogen (secondary N) is 1. The van der Waals surface area contributed by atoms with E-state index in [1.165, 1.54) is 11.1 Å². The maximum atomic E-state index is 5.19. The lowest BCUT2D eigenvalue weighted by Crippen LogP contribution is -2.23. The van der Waals surface area contributed by atoms with E-state index < -0.39 is 0 Å². The molecule has 1 unspecified atom stereocenters. The summed E-state index contributed by atoms with van der Waals surface area (Å²) >= 11 is 3.51. The maximum absolute atomic E-state index is 5.19. The largest absolute Gasteiger partial charge is 0.472 e. The summed E-state index contributed by atoms with van der Waals surface area (Å²) in [6.45, 7) is 3.20. The molecule has 2 nitrogen and oxygen atoms in total. The molecule has 3 heteroatoms. The van der Waals surface area contributed by atoms with Crippen LogP contribution in [-0.2, 0) is 6.42 Å². The average Bonchev–Trinajstić information content (AvgIpc) is 2.88. The van der Waals surface area contributed by atoms with E-state index in [4.69, 9.17) is 4.42 Å². The fraction of sp³-hybridized carbons (Fsp3) is 0.333. The first-order valence-corrected chi connectivity index (χ1v) is 7.09. The van der Waals surface area contributed by atoms with E-state index in [9.17, 15) is 0 Å². The Labute approximate surface area is 117 Å². The van der Waals surface area contributed by atoms with Crippen molar-refractivity contribution in [2.45, 2.75) is 25.8 Å². The van der Waals surface area contributed by atoms with Gasteiger partial charge in [-0.2, -0.15) is 0 Å². The summed E-state index contributed by atoms with van der Waals surface area (Å²) in [5.74, 6) is 0. The predicted octanol–water partition coefficient (Wildman–Crippen LogP) is 4.33. The quantitative estimate of drug-likeness (QED) is 0.859. The maximum Gasteiger partial charge on any atom is 0.0950 e. The summed E-state index contributed by atoms with van der Waals surface area (Å²) in [6, 6.07) is 10.8. The van der Waals surface area contributed by atoms with Crippen molar-refractivity contribution in [2.24, 2.45) is 0 Å². The van der Waals surface area contributed by atoms with Crippen molar-refractivity contribution in [3.63, 3.8) is 0 Å². The lowest BCUT2D eigenvalue weighted by molar-refractivity contribution is 0.512. The Morgan fingerprint density at radius 3 is 2.89 bits per heavy atom. The molecule has 0 aliphatic rings. The molecule has 0 radical (unpaired) electrons. The summed E-state index contributed by atoms with van der Waals surface area (Å²) in [5, 5.41) is 3.56. The lowest BCUT2D eigenvalue weighted by atomic mass is 10.0. The van der Waals surface area contributed by atoms with E-state index in [0.717, 1.165) is 23.9 Å². The monoisotopic (exact) mass is 307 g/mol. The molecule has 1 heterocycles. The van der Waals surface area contributed by atoms with Crippen LogP contribution < -0.4 is 5.32 Å². The van der Waals surface area contributed by atoms with Gasteiger partial charge in [-0.05, 0) is 43.1 Å². The molecule has 1 aromatic carbocycles. The number of hydrogen-bond acceptors (Lipinski definition) is 2. The smallest absolute Gasteiger partial charge is 0.0950 e. The molecule has 1 atom stereocenters. The van der Waals surface area contributed by atoms with Crippen LogP contribution >= 0.6 is 15.9 Å². The molecule has 1 aromatic heterocycles. The molecule has 96 valence electrons. The van der Waals surface area contributed by atoms with Crippen molar-refractivity contribution in [3.8, 4) is 0 Å². The molecule has 0 fully saturated rings. The first-order valence-electron chi connectivity index (χ1n) is 6.29. The Kier molecular flexibility index (Phi) is 5.02. The zero-order chi connectivity index (χ0) is 12.8. The molecule has 0 spiro atoms. The normalized spacial score (nSPS) is 12.6. The van der Waals surface area contributed by atoms with Gasteiger partial charge >= 0.3 is 0 Å². The van der Waals surface area contributed by atoms with Gasteiger partial charge in [-0.3, -0.25) is 0 Å². The molecule has 0 aliphatic carbocycles. The summed E-state index contributed by atoms with van der Waals surface area (Å²) in [4.78, 5) is 0. The predicted molar refractivity (Wildman–Crippen MR) is 77.6 cm³/mol. The molecule has 1 N–H and O–H groups in total. The van der Waals surface area contributed by atoms with E-state index in [2.05, 4.69) is 52.4 Å². The van der Waals surface area contributed by atoms with Crippen LogP contribution in [0.5, 0.6) is 0 Å². The molecule has 0 saturated carbocycles. The minimum absolute atomic E-state index is 0.318. The fourth-order valence-electron chi connectivity index (χ4n) is 2.00. The Morgan fingerprint density at radius 2 is 2.22 bits per heavy atom. The molecule has 2 aromatic rings. The third kappa shape index (κ3) is 3.72. The van der Waals surface area contributed by atoms with E-state index in [1.54, 1.807) is 6.26 Å². The summed E-state index contributed by atoms with van der Waals surface area (Å²) in [5.41, 5.74) is 2.53. The number of halogens is 1. The fourth-order valence-corrected chi connectivity index (χ4v) is 2.45. The lowest BCUT2D eigenvalue weighted by Gasteiger charge is -2.17. The van der Waals surface area contributed by atoms with Crippen molar-refractivity contribution < 1.29 is 4.42 Å². The zero-order valence-electron chi connectivity index (χ0n) is 10.5. The van der Waals surface area contributed by atoms with E-state index in [-0.39, 0.29) is 0 Å². The van der Waals surface area contributed by atoms with Crippen LogP contribution in [0.2, 0.25) is 0 Å². The highest BCUT2D eigenvalue weighted by molar-refractivity contribution is 9.10. The minimum atomic E-state index is 0.318. The van der Waals surface area contributed by atoms with E-state index >= 15 is 0 Å². The van der Waals surface area contributed by atoms with Crippen molar-refractivity contribution >= 4 is 15.9 Å². The molecular formula is C15H18BrNO. The summed E-state index contributed by atoms with van der Waals surface area (Å²) in [6.07, 6.45) is 5.66. The van der Waals surface area contributed by atoms with Crippen molar-refractivity contribution in [1.82, 2.24) is 5.32 Å². The van der Waals surface area contributed by atoms with E-state index in [0.29, 0.717) is 6.04 Å². The first kappa shape index (κ1) is 13.4. The van der Waals surface area contributed by atoms with Crippen LogP contribution in [0, 0.1) is 0 Å². The Bertz CT molecular complexity index is 467. The topological polar surface area (TPSA) is 25.2 Å². The number of furan rings is 1. The molecule has 0 amide bonds. The molecule has 18 heavy (non-hydrogen) atoms. The van der Waals surface area contributed by atoms with Crippen molar-refractivity contribution in [1.29, 1.82) is 0 Å². The standard InChI is InChI=1S/C15H18BrNO/c1-2-7-17-15(13-6-8-18-11-13)10-12-4-3-5-14(16)9-12/h3-6,8-9,11,15,17H,2,7,10H2,1H3. The van der Waals surface area contributed by atoms with Gasteiger partial charge in [-0.1, -0.05) is 35.0 Å². The third-order valence-corrected chi connectivity index (χ3v) is 3.41. The van der Waals surface area contributed by atoms with Crippen LogP contribution in [0.1, 0.15) is 30.5 Å². The van der Waals surface area contributed by atoms with Gasteiger partial charge in [0.2, 0.25) is 0 Å². The van der Waals surface area contributed by atoms with Crippen molar-refractivity contribution in [3.05, 3.63) is 58.5 Å². The number of hydrogen-bond donors (Lipinski definition) is 1. The van der Waals surface area contributed by atoms with Gasteiger partial charge in [-0.25, -0.2) is 0 Å². The van der Waals surface area contributed by atoms with Crippen LogP contribution in [-0.4, -0.2) is 6.54 Å². The van der Waals surface area contributed by atoms with Gasteiger partial charge in [0.15, 0.2) is 0 Å². The average molecular weight is 308 g/mol. The highest BCUT2D eigenvalue weighted by Crippen LogP contribution is 2.21. The van der Waals surface area contributed by atoms with E-state index in [1.807, 2.05) is 12.3 Å². The van der Waals surface area contributed by atoms with Crippen LogP contribution in [0.3, 0.4) is 0 Å². The van der Waals surface area contributed by atoms with Gasteiger partial charge in [0, 0.05) is 16.1 Å². The summed E-state index contributed by atoms with van der Waals surface area (Å²) in [7, 11) is 0. The zero-order valence-corrected chi connectivity index (χ0v) is 12.1.